The molecule has 1 aliphatic rings. The van der Waals surface area contributed by atoms with Gasteiger partial charge in [0.15, 0.2) is 0 Å². The standard InChI is InChI=1S/C23H22FN3O3S/c1-4-18(28)21-13(2)20-22(25-12-26-23(20)31-21)27-17-10-5-14(24)11-19(17)30-16-8-6-15(29-3)7-9-16/h1,5,10-12,15-16H,6-9H2,2-3H3,(H,25,26,27). The number of carbonyl (C=O) groups excluding carboxylic acids is 1. The predicted molar refractivity (Wildman–Crippen MR) is 119 cm³/mol. The number of benzene rings is 1. The van der Waals surface area contributed by atoms with Crippen LogP contribution >= 0.6 is 11.3 Å². The first kappa shape index (κ1) is 21.2. The summed E-state index contributed by atoms with van der Waals surface area (Å²) in [7, 11) is 1.72. The molecule has 0 aliphatic heterocycles. The minimum absolute atomic E-state index is 0.0121. The molecule has 31 heavy (non-hydrogen) atoms. The van der Waals surface area contributed by atoms with Crippen molar-refractivity contribution in [2.24, 2.45) is 0 Å². The summed E-state index contributed by atoms with van der Waals surface area (Å²) in [6.07, 6.45) is 10.4. The van der Waals surface area contributed by atoms with Gasteiger partial charge in [-0.2, -0.15) is 0 Å². The lowest BCUT2D eigenvalue weighted by atomic mass is 9.95. The second kappa shape index (κ2) is 9.00. The van der Waals surface area contributed by atoms with E-state index in [4.69, 9.17) is 15.9 Å². The van der Waals surface area contributed by atoms with E-state index in [-0.39, 0.29) is 23.8 Å². The highest BCUT2D eigenvalue weighted by Gasteiger charge is 2.24. The zero-order valence-electron chi connectivity index (χ0n) is 17.3. The average Bonchev–Trinajstić information content (AvgIpc) is 3.13. The van der Waals surface area contributed by atoms with Crippen LogP contribution in [0.25, 0.3) is 10.2 Å². The summed E-state index contributed by atoms with van der Waals surface area (Å²) in [6.45, 7) is 1.81. The molecule has 0 atom stereocenters. The number of fused-ring (bicyclic) bond motifs is 1. The summed E-state index contributed by atoms with van der Waals surface area (Å²) in [5, 5.41) is 3.95. The van der Waals surface area contributed by atoms with E-state index in [1.807, 2.05) is 6.92 Å². The Balaban J connectivity index is 1.64. The van der Waals surface area contributed by atoms with Gasteiger partial charge in [0, 0.05) is 13.2 Å². The third-order valence-electron chi connectivity index (χ3n) is 5.51. The number of aromatic nitrogens is 2. The molecule has 1 aliphatic carbocycles. The number of thiophene rings is 1. The molecule has 0 saturated heterocycles. The van der Waals surface area contributed by atoms with E-state index in [2.05, 4.69) is 21.2 Å². The van der Waals surface area contributed by atoms with Crippen LogP contribution < -0.4 is 10.1 Å². The molecule has 6 nitrogen and oxygen atoms in total. The van der Waals surface area contributed by atoms with Crippen LogP contribution in [0.2, 0.25) is 0 Å². The van der Waals surface area contributed by atoms with Crippen LogP contribution in [0.15, 0.2) is 24.5 Å². The number of methoxy groups -OCH3 is 1. The second-order valence-corrected chi connectivity index (χ2v) is 8.45. The molecular formula is C23H22FN3O3S. The molecule has 1 aromatic carbocycles. The normalized spacial score (nSPS) is 18.5. The average molecular weight is 440 g/mol. The topological polar surface area (TPSA) is 73.3 Å². The highest BCUT2D eigenvalue weighted by molar-refractivity contribution is 7.21. The van der Waals surface area contributed by atoms with Gasteiger partial charge in [0.2, 0.25) is 5.78 Å². The van der Waals surface area contributed by atoms with Crippen molar-refractivity contribution in [3.63, 3.8) is 0 Å². The van der Waals surface area contributed by atoms with Crippen LogP contribution in [0.4, 0.5) is 15.9 Å². The summed E-state index contributed by atoms with van der Waals surface area (Å²) < 4.78 is 25.6. The van der Waals surface area contributed by atoms with Crippen LogP contribution in [-0.4, -0.2) is 35.1 Å². The van der Waals surface area contributed by atoms with Gasteiger partial charge in [-0.05, 0) is 56.2 Å². The largest absolute Gasteiger partial charge is 0.488 e. The third-order valence-corrected chi connectivity index (χ3v) is 6.71. The molecule has 8 heteroatoms. The first-order valence-corrected chi connectivity index (χ1v) is 10.8. The maximum absolute atomic E-state index is 14.0. The van der Waals surface area contributed by atoms with Crippen LogP contribution in [0.3, 0.4) is 0 Å². The summed E-state index contributed by atoms with van der Waals surface area (Å²) in [4.78, 5) is 21.8. The maximum Gasteiger partial charge on any atom is 0.245 e. The lowest BCUT2D eigenvalue weighted by molar-refractivity contribution is 0.0329. The molecule has 1 N–H and O–H groups in total. The number of Topliss-reactive ketones (excluding diaryl/α,β-unsaturated/α-hetero) is 1. The molecule has 2 aromatic heterocycles. The highest BCUT2D eigenvalue weighted by atomic mass is 32.1. The smallest absolute Gasteiger partial charge is 0.245 e. The van der Waals surface area contributed by atoms with Gasteiger partial charge in [0.25, 0.3) is 0 Å². The van der Waals surface area contributed by atoms with Crippen molar-refractivity contribution in [1.29, 1.82) is 0 Å². The number of ether oxygens (including phenoxy) is 2. The van der Waals surface area contributed by atoms with E-state index in [1.54, 1.807) is 13.2 Å². The van der Waals surface area contributed by atoms with Crippen molar-refractivity contribution in [2.45, 2.75) is 44.8 Å². The predicted octanol–water partition coefficient (Wildman–Crippen LogP) is 5.03. The summed E-state index contributed by atoms with van der Waals surface area (Å²) in [5.41, 5.74) is 1.30. The molecule has 0 amide bonds. The lowest BCUT2D eigenvalue weighted by Crippen LogP contribution is -2.27. The number of nitrogens with zero attached hydrogens (tertiary/aromatic N) is 2. The molecule has 4 rings (SSSR count). The fourth-order valence-corrected chi connectivity index (χ4v) is 4.89. The zero-order valence-corrected chi connectivity index (χ0v) is 18.1. The number of halogens is 1. The summed E-state index contributed by atoms with van der Waals surface area (Å²) in [5.74, 6) is 2.31. The molecular weight excluding hydrogens is 417 g/mol. The van der Waals surface area contributed by atoms with Crippen molar-refractivity contribution in [1.82, 2.24) is 9.97 Å². The number of hydrogen-bond donors (Lipinski definition) is 1. The molecule has 3 aromatic rings. The quantitative estimate of drug-likeness (QED) is 0.330. The van der Waals surface area contributed by atoms with Gasteiger partial charge in [0.05, 0.1) is 28.2 Å². The minimum Gasteiger partial charge on any atom is -0.488 e. The minimum atomic E-state index is -0.385. The van der Waals surface area contributed by atoms with Crippen LogP contribution in [0.5, 0.6) is 5.75 Å². The molecule has 0 radical (unpaired) electrons. The maximum atomic E-state index is 14.0. The Morgan fingerprint density at radius 1 is 1.26 bits per heavy atom. The van der Waals surface area contributed by atoms with E-state index in [9.17, 15) is 9.18 Å². The third kappa shape index (κ3) is 4.38. The summed E-state index contributed by atoms with van der Waals surface area (Å²) in [6, 6.07) is 4.36. The van der Waals surface area contributed by atoms with Crippen molar-refractivity contribution in [3.8, 4) is 18.1 Å². The van der Waals surface area contributed by atoms with Crippen LogP contribution in [0.1, 0.15) is 40.9 Å². The number of aryl methyl sites for hydroxylation is 1. The highest BCUT2D eigenvalue weighted by Crippen LogP contribution is 2.37. The molecule has 160 valence electrons. The Morgan fingerprint density at radius 2 is 2.00 bits per heavy atom. The molecule has 0 unspecified atom stereocenters. The van der Waals surface area contributed by atoms with E-state index in [1.165, 1.54) is 29.8 Å². The number of rotatable bonds is 6. The van der Waals surface area contributed by atoms with Gasteiger partial charge in [-0.15, -0.1) is 17.8 Å². The molecule has 2 heterocycles. The van der Waals surface area contributed by atoms with Gasteiger partial charge in [-0.25, -0.2) is 14.4 Å². The molecule has 0 bridgehead atoms. The number of anilines is 2. The Morgan fingerprint density at radius 3 is 2.71 bits per heavy atom. The van der Waals surface area contributed by atoms with E-state index in [0.717, 1.165) is 25.7 Å². The van der Waals surface area contributed by atoms with Crippen molar-refractivity contribution >= 4 is 38.8 Å². The first-order valence-electron chi connectivity index (χ1n) is 10.0. The van der Waals surface area contributed by atoms with Crippen LogP contribution in [0, 0.1) is 25.1 Å². The second-order valence-electron chi connectivity index (χ2n) is 7.45. The monoisotopic (exact) mass is 439 g/mol. The Labute approximate surface area is 183 Å². The fraction of sp³-hybridized carbons (Fsp3) is 0.348. The number of terminal acetylenes is 1. The summed E-state index contributed by atoms with van der Waals surface area (Å²) >= 11 is 1.23. The Hall–Kier alpha value is -3.02. The SMILES string of the molecule is C#CC(=O)c1sc2ncnc(Nc3ccc(F)cc3OC3CCC(OC)CC3)c2c1C. The fourth-order valence-electron chi connectivity index (χ4n) is 3.84. The van der Waals surface area contributed by atoms with E-state index < -0.39 is 0 Å². The van der Waals surface area contributed by atoms with Gasteiger partial charge in [0.1, 0.15) is 28.5 Å². The number of hydrogen-bond acceptors (Lipinski definition) is 7. The van der Waals surface area contributed by atoms with E-state index >= 15 is 0 Å². The van der Waals surface area contributed by atoms with Crippen molar-refractivity contribution < 1.29 is 18.7 Å². The number of carbonyl (C=O) groups is 1. The molecule has 0 spiro atoms. The van der Waals surface area contributed by atoms with E-state index in [0.29, 0.717) is 37.9 Å². The lowest BCUT2D eigenvalue weighted by Gasteiger charge is -2.28. The zero-order chi connectivity index (χ0) is 22.0. The molecule has 1 fully saturated rings. The number of nitrogens with one attached hydrogen (secondary N) is 1. The number of ketones is 1. The van der Waals surface area contributed by atoms with Gasteiger partial charge >= 0.3 is 0 Å². The van der Waals surface area contributed by atoms with Crippen molar-refractivity contribution in [3.05, 3.63) is 40.8 Å². The Bertz CT molecular complexity index is 1160. The van der Waals surface area contributed by atoms with Gasteiger partial charge in [-0.1, -0.05) is 0 Å². The van der Waals surface area contributed by atoms with Gasteiger partial charge < -0.3 is 14.8 Å². The van der Waals surface area contributed by atoms with Gasteiger partial charge in [-0.3, -0.25) is 4.79 Å². The van der Waals surface area contributed by atoms with Crippen LogP contribution in [-0.2, 0) is 4.74 Å². The first-order chi connectivity index (χ1) is 15.0. The van der Waals surface area contributed by atoms with Crippen molar-refractivity contribution in [2.75, 3.05) is 12.4 Å². The Kier molecular flexibility index (Phi) is 6.16. The molecule has 1 saturated carbocycles.